The van der Waals surface area contributed by atoms with Gasteiger partial charge in [-0.1, -0.05) is 0 Å². The number of aryl methyl sites for hydroxylation is 1. The van der Waals surface area contributed by atoms with Crippen molar-refractivity contribution in [1.29, 1.82) is 0 Å². The number of esters is 1. The van der Waals surface area contributed by atoms with Gasteiger partial charge in [0.25, 0.3) is 5.91 Å². The van der Waals surface area contributed by atoms with E-state index in [1.54, 1.807) is 36.0 Å². The maximum Gasteiger partial charge on any atom is 0.348 e. The van der Waals surface area contributed by atoms with Crippen molar-refractivity contribution in [3.8, 4) is 5.88 Å². The van der Waals surface area contributed by atoms with E-state index >= 15 is 0 Å². The number of ether oxygens (including phenoxy) is 2. The van der Waals surface area contributed by atoms with Crippen LogP contribution in [0.5, 0.6) is 5.88 Å². The Hall–Kier alpha value is -3.07. The van der Waals surface area contributed by atoms with E-state index in [0.717, 1.165) is 12.3 Å². The lowest BCUT2D eigenvalue weighted by molar-refractivity contribution is -0.177. The topological polar surface area (TPSA) is 118 Å². The third kappa shape index (κ3) is 3.08. The number of amides is 1. The third-order valence-corrected chi connectivity index (χ3v) is 4.19. The fraction of sp³-hybridized carbons (Fsp3) is 0.353. The Bertz CT molecular complexity index is 889. The Morgan fingerprint density at radius 2 is 2.12 bits per heavy atom. The first kappa shape index (κ1) is 17.7. The highest BCUT2D eigenvalue weighted by Crippen LogP contribution is 2.31. The molecule has 1 aliphatic rings. The van der Waals surface area contributed by atoms with Crippen molar-refractivity contribution in [3.05, 3.63) is 24.4 Å². The zero-order valence-corrected chi connectivity index (χ0v) is 14.2. The molecule has 1 aromatic heterocycles. The van der Waals surface area contributed by atoms with Crippen LogP contribution in [0.1, 0.15) is 6.92 Å². The second kappa shape index (κ2) is 6.68. The van der Waals surface area contributed by atoms with Crippen LogP contribution in [0.15, 0.2) is 24.4 Å². The van der Waals surface area contributed by atoms with Gasteiger partial charge in [0.2, 0.25) is 6.10 Å². The molecule has 1 aliphatic heterocycles. The number of nitrogens with zero attached hydrogens (tertiary/aromatic N) is 2. The molecule has 1 fully saturated rings. The molecule has 26 heavy (non-hydrogen) atoms. The standard InChI is InChI=1S/C17H18N2O7/c1-9(20)26-14(17(23)24)13-16(22)19(5-6-25-13)11-3-4-12-10(7-11)8-18(2)15(12)21/h3-4,7-8,13-14,21H,5-6H2,1-2H3,(H,23,24)/t13-,14-/m1/s1. The van der Waals surface area contributed by atoms with E-state index in [2.05, 4.69) is 0 Å². The van der Waals surface area contributed by atoms with Gasteiger partial charge in [-0.2, -0.15) is 0 Å². The first-order chi connectivity index (χ1) is 12.3. The van der Waals surface area contributed by atoms with Crippen LogP contribution >= 0.6 is 0 Å². The summed E-state index contributed by atoms with van der Waals surface area (Å²) < 4.78 is 11.6. The molecule has 2 heterocycles. The van der Waals surface area contributed by atoms with Crippen molar-refractivity contribution in [1.82, 2.24) is 4.57 Å². The molecule has 0 radical (unpaired) electrons. The van der Waals surface area contributed by atoms with Gasteiger partial charge in [-0.05, 0) is 18.2 Å². The van der Waals surface area contributed by atoms with Gasteiger partial charge in [0, 0.05) is 43.2 Å². The molecular weight excluding hydrogens is 344 g/mol. The molecule has 2 N–H and O–H groups in total. The van der Waals surface area contributed by atoms with Gasteiger partial charge >= 0.3 is 11.9 Å². The number of carboxylic acid groups (broad SMARTS) is 1. The van der Waals surface area contributed by atoms with E-state index in [1.807, 2.05) is 0 Å². The molecule has 1 aromatic carbocycles. The molecule has 2 atom stereocenters. The van der Waals surface area contributed by atoms with Crippen molar-refractivity contribution < 1.29 is 34.1 Å². The van der Waals surface area contributed by atoms with Crippen LogP contribution in [0.25, 0.3) is 10.8 Å². The number of hydrogen-bond acceptors (Lipinski definition) is 6. The lowest BCUT2D eigenvalue weighted by atomic mass is 10.1. The minimum Gasteiger partial charge on any atom is -0.494 e. The summed E-state index contributed by atoms with van der Waals surface area (Å²) in [5.41, 5.74) is 0.536. The first-order valence-corrected chi connectivity index (χ1v) is 7.90. The molecule has 1 saturated heterocycles. The lowest BCUT2D eigenvalue weighted by Gasteiger charge is -2.34. The number of hydrogen-bond donors (Lipinski definition) is 2. The van der Waals surface area contributed by atoms with Gasteiger partial charge in [-0.25, -0.2) is 4.79 Å². The number of aliphatic carboxylic acids is 1. The molecule has 9 heteroatoms. The van der Waals surface area contributed by atoms with Gasteiger partial charge in [0.1, 0.15) is 0 Å². The normalized spacial score (nSPS) is 18.8. The van der Waals surface area contributed by atoms with Gasteiger partial charge in [-0.3, -0.25) is 9.59 Å². The van der Waals surface area contributed by atoms with Crippen LogP contribution in [-0.2, 0) is 30.9 Å². The predicted molar refractivity (Wildman–Crippen MR) is 89.9 cm³/mol. The Balaban J connectivity index is 1.92. The van der Waals surface area contributed by atoms with Crippen molar-refractivity contribution in [3.63, 3.8) is 0 Å². The zero-order chi connectivity index (χ0) is 19.0. The van der Waals surface area contributed by atoms with E-state index in [9.17, 15) is 24.6 Å². The number of anilines is 1. The number of fused-ring (bicyclic) bond motifs is 1. The first-order valence-electron chi connectivity index (χ1n) is 7.90. The fourth-order valence-corrected chi connectivity index (χ4v) is 2.99. The Kier molecular flexibility index (Phi) is 4.56. The molecular formula is C17H18N2O7. The zero-order valence-electron chi connectivity index (χ0n) is 14.2. The van der Waals surface area contributed by atoms with Gasteiger partial charge in [0.05, 0.1) is 6.61 Å². The molecule has 0 unspecified atom stereocenters. The quantitative estimate of drug-likeness (QED) is 0.766. The smallest absolute Gasteiger partial charge is 0.348 e. The summed E-state index contributed by atoms with van der Waals surface area (Å²) >= 11 is 0. The number of aromatic nitrogens is 1. The van der Waals surface area contributed by atoms with E-state index in [-0.39, 0.29) is 19.0 Å². The molecule has 0 spiro atoms. The second-order valence-corrected chi connectivity index (χ2v) is 5.98. The average Bonchev–Trinajstić information content (AvgIpc) is 2.86. The Morgan fingerprint density at radius 3 is 2.77 bits per heavy atom. The highest BCUT2D eigenvalue weighted by atomic mass is 16.6. The minimum atomic E-state index is -1.72. The summed E-state index contributed by atoms with van der Waals surface area (Å²) in [5.74, 6) is -2.76. The lowest BCUT2D eigenvalue weighted by Crippen LogP contribution is -2.55. The summed E-state index contributed by atoms with van der Waals surface area (Å²) in [6, 6.07) is 5.05. The van der Waals surface area contributed by atoms with Crippen LogP contribution in [-0.4, -0.2) is 58.0 Å². The Labute approximate surface area is 148 Å². The largest absolute Gasteiger partial charge is 0.494 e. The summed E-state index contributed by atoms with van der Waals surface area (Å²) in [7, 11) is 1.70. The third-order valence-electron chi connectivity index (χ3n) is 4.19. The van der Waals surface area contributed by atoms with Crippen LogP contribution in [0.3, 0.4) is 0 Å². The maximum absolute atomic E-state index is 12.8. The summed E-state index contributed by atoms with van der Waals surface area (Å²) in [4.78, 5) is 36.7. The van der Waals surface area contributed by atoms with Crippen molar-refractivity contribution in [2.75, 3.05) is 18.1 Å². The SMILES string of the molecule is CC(=O)O[C@@H](C(=O)O)[C@H]1OCCN(c2ccc3c(O)n(C)cc3c2)C1=O. The minimum absolute atomic E-state index is 0.0968. The van der Waals surface area contributed by atoms with Crippen LogP contribution in [0.4, 0.5) is 5.69 Å². The molecule has 2 aromatic rings. The molecule has 138 valence electrons. The molecule has 9 nitrogen and oxygen atoms in total. The number of morpholine rings is 1. The van der Waals surface area contributed by atoms with Gasteiger partial charge in [0.15, 0.2) is 12.0 Å². The molecule has 3 rings (SSSR count). The fourth-order valence-electron chi connectivity index (χ4n) is 2.99. The predicted octanol–water partition coefficient (Wildman–Crippen LogP) is 0.632. The highest BCUT2D eigenvalue weighted by molar-refractivity contribution is 6.02. The van der Waals surface area contributed by atoms with Crippen molar-refractivity contribution >= 4 is 34.3 Å². The van der Waals surface area contributed by atoms with Gasteiger partial charge < -0.3 is 29.2 Å². The number of carbonyl (C=O) groups is 3. The van der Waals surface area contributed by atoms with Crippen LogP contribution < -0.4 is 4.90 Å². The maximum atomic E-state index is 12.8. The monoisotopic (exact) mass is 362 g/mol. The van der Waals surface area contributed by atoms with Crippen molar-refractivity contribution in [2.24, 2.45) is 7.05 Å². The molecule has 0 saturated carbocycles. The van der Waals surface area contributed by atoms with E-state index in [4.69, 9.17) is 9.47 Å². The van der Waals surface area contributed by atoms with Gasteiger partial charge in [-0.15, -0.1) is 0 Å². The average molecular weight is 362 g/mol. The second-order valence-electron chi connectivity index (χ2n) is 5.98. The number of carbonyl (C=O) groups excluding carboxylic acids is 2. The molecule has 1 amide bonds. The summed E-state index contributed by atoms with van der Waals surface area (Å²) in [6.45, 7) is 1.39. The highest BCUT2D eigenvalue weighted by Gasteiger charge is 2.42. The Morgan fingerprint density at radius 1 is 1.38 bits per heavy atom. The number of rotatable bonds is 4. The number of benzene rings is 1. The van der Waals surface area contributed by atoms with E-state index in [1.165, 1.54) is 4.90 Å². The van der Waals surface area contributed by atoms with E-state index < -0.39 is 30.1 Å². The molecule has 0 aliphatic carbocycles. The summed E-state index contributed by atoms with van der Waals surface area (Å²) in [6.07, 6.45) is -1.42. The molecule has 0 bridgehead atoms. The van der Waals surface area contributed by atoms with Crippen LogP contribution in [0, 0.1) is 0 Å². The summed E-state index contributed by atoms with van der Waals surface area (Å²) in [5, 5.41) is 20.6. The van der Waals surface area contributed by atoms with Crippen molar-refractivity contribution in [2.45, 2.75) is 19.1 Å². The van der Waals surface area contributed by atoms with E-state index in [0.29, 0.717) is 11.1 Å². The van der Waals surface area contributed by atoms with Crippen LogP contribution in [0.2, 0.25) is 0 Å². The number of carboxylic acids is 1. The number of aromatic hydroxyl groups is 1.